The summed E-state index contributed by atoms with van der Waals surface area (Å²) in [6.07, 6.45) is 0.311. The van der Waals surface area contributed by atoms with Crippen molar-refractivity contribution >= 4 is 21.4 Å². The molecule has 162 valence electrons. The Morgan fingerprint density at radius 2 is 1.90 bits per heavy atom. The van der Waals surface area contributed by atoms with E-state index in [0.29, 0.717) is 6.42 Å². The predicted molar refractivity (Wildman–Crippen MR) is 106 cm³/mol. The largest absolute Gasteiger partial charge is 0.379 e. The van der Waals surface area contributed by atoms with Crippen LogP contribution in [0.25, 0.3) is 0 Å². The van der Waals surface area contributed by atoms with E-state index in [9.17, 15) is 27.3 Å². The molecule has 0 aromatic heterocycles. The lowest BCUT2D eigenvalue weighted by atomic mass is 10.0. The molecule has 8 nitrogen and oxygen atoms in total. The Kier molecular flexibility index (Phi) is 6.64. The van der Waals surface area contributed by atoms with Crippen molar-refractivity contribution in [2.45, 2.75) is 24.3 Å². The van der Waals surface area contributed by atoms with Crippen LogP contribution in [0, 0.1) is 21.7 Å². The molecule has 0 radical (unpaired) electrons. The summed E-state index contributed by atoms with van der Waals surface area (Å²) in [5.74, 6) is -1.28. The number of nitro benzene ring substituents is 1. The summed E-state index contributed by atoms with van der Waals surface area (Å²) in [7, 11) is -3.92. The maximum absolute atomic E-state index is 14.2. The first-order valence-electron chi connectivity index (χ1n) is 9.32. The monoisotopic (exact) mass is 441 g/mol. The van der Waals surface area contributed by atoms with Crippen molar-refractivity contribution in [1.29, 1.82) is 0 Å². The molecule has 1 atom stereocenters. The molecular formula is C19H21F2N3O5S. The first-order valence-corrected chi connectivity index (χ1v) is 10.8. The van der Waals surface area contributed by atoms with Crippen LogP contribution in [-0.2, 0) is 14.8 Å². The van der Waals surface area contributed by atoms with Gasteiger partial charge in [0.25, 0.3) is 5.69 Å². The van der Waals surface area contributed by atoms with Crippen molar-refractivity contribution in [2.75, 3.05) is 31.6 Å². The van der Waals surface area contributed by atoms with Crippen molar-refractivity contribution < 1.29 is 26.9 Å². The quantitative estimate of drug-likeness (QED) is 0.522. The first kappa shape index (κ1) is 22.1. The molecule has 2 aromatic carbocycles. The minimum atomic E-state index is -3.92. The summed E-state index contributed by atoms with van der Waals surface area (Å²) in [5, 5.41) is 14.5. The molecule has 1 aliphatic rings. The highest BCUT2D eigenvalue weighted by Gasteiger charge is 2.29. The normalized spacial score (nSPS) is 16.2. The van der Waals surface area contributed by atoms with E-state index in [0.717, 1.165) is 24.3 Å². The van der Waals surface area contributed by atoms with Gasteiger partial charge in [-0.2, -0.15) is 4.31 Å². The smallest absolute Gasteiger partial charge is 0.293 e. The maximum Gasteiger partial charge on any atom is 0.293 e. The zero-order valence-corrected chi connectivity index (χ0v) is 17.0. The summed E-state index contributed by atoms with van der Waals surface area (Å²) >= 11 is 0. The first-order chi connectivity index (χ1) is 14.2. The Morgan fingerprint density at radius 1 is 1.20 bits per heavy atom. The van der Waals surface area contributed by atoms with Gasteiger partial charge in [-0.15, -0.1) is 0 Å². The molecule has 1 saturated heterocycles. The van der Waals surface area contributed by atoms with E-state index in [1.54, 1.807) is 6.92 Å². The minimum Gasteiger partial charge on any atom is -0.379 e. The molecule has 1 aliphatic heterocycles. The molecule has 1 N–H and O–H groups in total. The number of nitro groups is 1. The van der Waals surface area contributed by atoms with Gasteiger partial charge in [-0.25, -0.2) is 17.2 Å². The molecule has 1 fully saturated rings. The van der Waals surface area contributed by atoms with E-state index in [4.69, 9.17) is 4.74 Å². The number of hydrogen-bond acceptors (Lipinski definition) is 6. The van der Waals surface area contributed by atoms with Gasteiger partial charge in [0.2, 0.25) is 10.0 Å². The number of morpholine rings is 1. The number of halogens is 2. The minimum absolute atomic E-state index is 0.0106. The van der Waals surface area contributed by atoms with Gasteiger partial charge in [0.05, 0.1) is 29.1 Å². The van der Waals surface area contributed by atoms with Crippen LogP contribution in [0.5, 0.6) is 0 Å². The van der Waals surface area contributed by atoms with Crippen molar-refractivity contribution in [1.82, 2.24) is 4.31 Å². The number of hydrogen-bond donors (Lipinski definition) is 1. The van der Waals surface area contributed by atoms with Crippen LogP contribution in [0.1, 0.15) is 24.9 Å². The standard InChI is InChI=1S/C19H21F2N3O5S/c1-2-17(15-11-13(20)3-5-16(15)21)22-18-6-4-14(12-19(18)24(25)26)30(27,28)23-7-9-29-10-8-23/h3-6,11-12,17,22H,2,7-10H2,1H3. The van der Waals surface area contributed by atoms with Gasteiger partial charge in [-0.05, 0) is 36.8 Å². The van der Waals surface area contributed by atoms with Gasteiger partial charge in [0, 0.05) is 24.7 Å². The van der Waals surface area contributed by atoms with E-state index in [1.807, 2.05) is 0 Å². The second-order valence-corrected chi connectivity index (χ2v) is 8.66. The molecule has 3 rings (SSSR count). The molecule has 0 amide bonds. The van der Waals surface area contributed by atoms with Gasteiger partial charge in [-0.3, -0.25) is 10.1 Å². The molecule has 30 heavy (non-hydrogen) atoms. The second kappa shape index (κ2) is 9.02. The lowest BCUT2D eigenvalue weighted by Gasteiger charge is -2.26. The average Bonchev–Trinajstić information content (AvgIpc) is 2.74. The highest BCUT2D eigenvalue weighted by Crippen LogP contribution is 2.33. The number of nitrogens with zero attached hydrogens (tertiary/aromatic N) is 2. The van der Waals surface area contributed by atoms with E-state index in [-0.39, 0.29) is 42.4 Å². The van der Waals surface area contributed by atoms with Crippen LogP contribution >= 0.6 is 0 Å². The van der Waals surface area contributed by atoms with E-state index in [1.165, 1.54) is 16.4 Å². The topological polar surface area (TPSA) is 102 Å². The SMILES string of the molecule is CCC(Nc1ccc(S(=O)(=O)N2CCOCC2)cc1[N+](=O)[O-])c1cc(F)ccc1F. The fourth-order valence-corrected chi connectivity index (χ4v) is 4.68. The number of anilines is 1. The van der Waals surface area contributed by atoms with Crippen LogP contribution in [0.4, 0.5) is 20.2 Å². The third-order valence-electron chi connectivity index (χ3n) is 4.85. The zero-order valence-electron chi connectivity index (χ0n) is 16.2. The molecule has 11 heteroatoms. The second-order valence-electron chi connectivity index (χ2n) is 6.72. The molecule has 0 spiro atoms. The van der Waals surface area contributed by atoms with E-state index < -0.39 is 38.3 Å². The molecule has 2 aromatic rings. The van der Waals surface area contributed by atoms with Crippen LogP contribution in [0.3, 0.4) is 0 Å². The molecule has 0 aliphatic carbocycles. The number of rotatable bonds is 7. The van der Waals surface area contributed by atoms with Crippen LogP contribution in [-0.4, -0.2) is 43.9 Å². The number of ether oxygens (including phenoxy) is 1. The lowest BCUT2D eigenvalue weighted by molar-refractivity contribution is -0.384. The summed E-state index contributed by atoms with van der Waals surface area (Å²) in [4.78, 5) is 10.7. The molecular weight excluding hydrogens is 420 g/mol. The highest BCUT2D eigenvalue weighted by atomic mass is 32.2. The Hall–Kier alpha value is -2.63. The summed E-state index contributed by atoms with van der Waals surface area (Å²) in [6.45, 7) is 2.53. The van der Waals surface area contributed by atoms with Crippen molar-refractivity contribution in [3.63, 3.8) is 0 Å². The summed E-state index contributed by atoms with van der Waals surface area (Å²) in [5.41, 5.74) is -0.437. The summed E-state index contributed by atoms with van der Waals surface area (Å²) in [6, 6.07) is 5.75. The Morgan fingerprint density at radius 3 is 2.53 bits per heavy atom. The third-order valence-corrected chi connectivity index (χ3v) is 6.74. The van der Waals surface area contributed by atoms with Gasteiger partial charge in [0.1, 0.15) is 17.3 Å². The highest BCUT2D eigenvalue weighted by molar-refractivity contribution is 7.89. The molecule has 0 saturated carbocycles. The van der Waals surface area contributed by atoms with Crippen molar-refractivity contribution in [2.24, 2.45) is 0 Å². The van der Waals surface area contributed by atoms with Gasteiger partial charge >= 0.3 is 0 Å². The fraction of sp³-hybridized carbons (Fsp3) is 0.368. The van der Waals surface area contributed by atoms with Crippen LogP contribution in [0.2, 0.25) is 0 Å². The molecule has 0 bridgehead atoms. The predicted octanol–water partition coefficient (Wildman–Crippen LogP) is 3.46. The van der Waals surface area contributed by atoms with Crippen LogP contribution in [0.15, 0.2) is 41.3 Å². The average molecular weight is 441 g/mol. The van der Waals surface area contributed by atoms with Gasteiger partial charge < -0.3 is 10.1 Å². The zero-order chi connectivity index (χ0) is 21.9. The maximum atomic E-state index is 14.2. The van der Waals surface area contributed by atoms with Gasteiger partial charge in [-0.1, -0.05) is 6.92 Å². The third kappa shape index (κ3) is 4.58. The summed E-state index contributed by atoms with van der Waals surface area (Å²) < 4.78 is 59.7. The van der Waals surface area contributed by atoms with Crippen molar-refractivity contribution in [3.8, 4) is 0 Å². The Labute approximate surface area is 172 Å². The van der Waals surface area contributed by atoms with Gasteiger partial charge in [0.15, 0.2) is 0 Å². The fourth-order valence-electron chi connectivity index (χ4n) is 3.25. The molecule has 1 unspecified atom stereocenters. The number of sulfonamides is 1. The number of benzene rings is 2. The Bertz CT molecular complexity index is 1040. The van der Waals surface area contributed by atoms with Crippen molar-refractivity contribution in [3.05, 3.63) is 63.7 Å². The van der Waals surface area contributed by atoms with E-state index >= 15 is 0 Å². The lowest BCUT2D eigenvalue weighted by Crippen LogP contribution is -2.40. The van der Waals surface area contributed by atoms with Crippen LogP contribution < -0.4 is 5.32 Å². The Balaban J connectivity index is 1.95. The van der Waals surface area contributed by atoms with E-state index in [2.05, 4.69) is 5.32 Å². The molecule has 1 heterocycles. The number of nitrogens with one attached hydrogen (secondary N) is 1.